The lowest BCUT2D eigenvalue weighted by molar-refractivity contribution is 0.524. The number of rotatable bonds is 5. The third-order valence-electron chi connectivity index (χ3n) is 2.21. The van der Waals surface area contributed by atoms with Gasteiger partial charge in [0.15, 0.2) is 0 Å². The van der Waals surface area contributed by atoms with Gasteiger partial charge in [0, 0.05) is 12.3 Å². The second-order valence-corrected chi connectivity index (χ2v) is 3.27. The maximum atomic E-state index is 4.45. The summed E-state index contributed by atoms with van der Waals surface area (Å²) in [6, 6.07) is 0. The van der Waals surface area contributed by atoms with Gasteiger partial charge in [0.2, 0.25) is 0 Å². The van der Waals surface area contributed by atoms with E-state index in [4.69, 9.17) is 0 Å². The fraction of sp³-hybridized carbons (Fsp3) is 0.900. The molecule has 1 heteroatoms. The summed E-state index contributed by atoms with van der Waals surface area (Å²) < 4.78 is 0. The first-order valence-corrected chi connectivity index (χ1v) is 4.70. The SMILES string of the molecule is CCC(C)=NCCC(C)CC. The average Bonchev–Trinajstić information content (AvgIpc) is 2.04. The van der Waals surface area contributed by atoms with Gasteiger partial charge in [-0.3, -0.25) is 4.99 Å². The Hall–Kier alpha value is -0.330. The molecular formula is C10H21N. The van der Waals surface area contributed by atoms with Crippen molar-refractivity contribution in [3.8, 4) is 0 Å². The van der Waals surface area contributed by atoms with Crippen LogP contribution in [0, 0.1) is 5.92 Å². The highest BCUT2D eigenvalue weighted by molar-refractivity contribution is 5.81. The summed E-state index contributed by atoms with van der Waals surface area (Å²) in [5.41, 5.74) is 1.29. The fourth-order valence-corrected chi connectivity index (χ4v) is 0.792. The summed E-state index contributed by atoms with van der Waals surface area (Å²) in [6.45, 7) is 9.81. The van der Waals surface area contributed by atoms with Gasteiger partial charge in [-0.05, 0) is 25.7 Å². The summed E-state index contributed by atoms with van der Waals surface area (Å²) in [4.78, 5) is 4.45. The normalized spacial score (nSPS) is 15.1. The predicted molar refractivity (Wildman–Crippen MR) is 52.3 cm³/mol. The number of hydrogen-bond acceptors (Lipinski definition) is 1. The highest BCUT2D eigenvalue weighted by Gasteiger charge is 1.96. The Labute approximate surface area is 70.9 Å². The van der Waals surface area contributed by atoms with E-state index in [-0.39, 0.29) is 0 Å². The molecule has 1 nitrogen and oxygen atoms in total. The molecule has 0 heterocycles. The molecule has 1 unspecified atom stereocenters. The Balaban J connectivity index is 3.39. The van der Waals surface area contributed by atoms with Crippen LogP contribution in [0.3, 0.4) is 0 Å². The lowest BCUT2D eigenvalue weighted by Crippen LogP contribution is -1.97. The van der Waals surface area contributed by atoms with E-state index in [1.54, 1.807) is 0 Å². The van der Waals surface area contributed by atoms with E-state index >= 15 is 0 Å². The van der Waals surface area contributed by atoms with Crippen molar-refractivity contribution in [2.45, 2.75) is 47.0 Å². The third kappa shape index (κ3) is 6.08. The molecule has 0 aromatic carbocycles. The van der Waals surface area contributed by atoms with Crippen LogP contribution in [0.4, 0.5) is 0 Å². The molecule has 0 aliphatic rings. The zero-order chi connectivity index (χ0) is 8.69. The van der Waals surface area contributed by atoms with Gasteiger partial charge < -0.3 is 0 Å². The maximum Gasteiger partial charge on any atom is 0.0391 e. The van der Waals surface area contributed by atoms with Gasteiger partial charge in [-0.1, -0.05) is 27.2 Å². The van der Waals surface area contributed by atoms with Gasteiger partial charge in [-0.15, -0.1) is 0 Å². The van der Waals surface area contributed by atoms with E-state index < -0.39 is 0 Å². The summed E-state index contributed by atoms with van der Waals surface area (Å²) in [7, 11) is 0. The van der Waals surface area contributed by atoms with E-state index in [1.165, 1.54) is 18.6 Å². The van der Waals surface area contributed by atoms with Crippen molar-refractivity contribution in [1.82, 2.24) is 0 Å². The first-order valence-electron chi connectivity index (χ1n) is 4.70. The zero-order valence-electron chi connectivity index (χ0n) is 8.35. The van der Waals surface area contributed by atoms with Crippen LogP contribution < -0.4 is 0 Å². The van der Waals surface area contributed by atoms with E-state index in [0.717, 1.165) is 18.9 Å². The highest BCUT2D eigenvalue weighted by atomic mass is 14.7. The van der Waals surface area contributed by atoms with Crippen LogP contribution in [-0.4, -0.2) is 12.3 Å². The van der Waals surface area contributed by atoms with Crippen molar-refractivity contribution in [2.24, 2.45) is 10.9 Å². The minimum absolute atomic E-state index is 0.836. The van der Waals surface area contributed by atoms with Crippen LogP contribution in [0.5, 0.6) is 0 Å². The second-order valence-electron chi connectivity index (χ2n) is 3.27. The van der Waals surface area contributed by atoms with E-state index in [0.29, 0.717) is 0 Å². The van der Waals surface area contributed by atoms with E-state index in [2.05, 4.69) is 32.7 Å². The third-order valence-corrected chi connectivity index (χ3v) is 2.21. The Kier molecular flexibility index (Phi) is 6.19. The predicted octanol–water partition coefficient (Wildman–Crippen LogP) is 3.29. The van der Waals surface area contributed by atoms with E-state index in [9.17, 15) is 0 Å². The van der Waals surface area contributed by atoms with Crippen molar-refractivity contribution < 1.29 is 0 Å². The van der Waals surface area contributed by atoms with Crippen LogP contribution in [0.15, 0.2) is 4.99 Å². The summed E-state index contributed by atoms with van der Waals surface area (Å²) in [5.74, 6) is 0.836. The largest absolute Gasteiger partial charge is 0.294 e. The van der Waals surface area contributed by atoms with Crippen LogP contribution in [0.25, 0.3) is 0 Å². The van der Waals surface area contributed by atoms with Gasteiger partial charge in [-0.25, -0.2) is 0 Å². The Morgan fingerprint density at radius 2 is 2.00 bits per heavy atom. The van der Waals surface area contributed by atoms with Crippen molar-refractivity contribution in [3.63, 3.8) is 0 Å². The topological polar surface area (TPSA) is 12.4 Å². The second kappa shape index (κ2) is 6.38. The summed E-state index contributed by atoms with van der Waals surface area (Å²) in [6.07, 6.45) is 3.62. The molecule has 0 aromatic heterocycles. The molecule has 1 atom stereocenters. The molecule has 0 amide bonds. The minimum atomic E-state index is 0.836. The van der Waals surface area contributed by atoms with Crippen molar-refractivity contribution in [2.75, 3.05) is 6.54 Å². The monoisotopic (exact) mass is 155 g/mol. The molecular weight excluding hydrogens is 134 g/mol. The van der Waals surface area contributed by atoms with Gasteiger partial charge in [-0.2, -0.15) is 0 Å². The standard InChI is InChI=1S/C10H21N/c1-5-9(3)7-8-11-10(4)6-2/h9H,5-8H2,1-4H3. The lowest BCUT2D eigenvalue weighted by atomic mass is 10.1. The molecule has 0 aliphatic carbocycles. The average molecular weight is 155 g/mol. The fourth-order valence-electron chi connectivity index (χ4n) is 0.792. The quantitative estimate of drug-likeness (QED) is 0.540. The Morgan fingerprint density at radius 1 is 1.36 bits per heavy atom. The van der Waals surface area contributed by atoms with Crippen molar-refractivity contribution in [1.29, 1.82) is 0 Å². The lowest BCUT2D eigenvalue weighted by Gasteiger charge is -2.04. The zero-order valence-corrected chi connectivity index (χ0v) is 8.35. The molecule has 66 valence electrons. The molecule has 0 aliphatic heterocycles. The Morgan fingerprint density at radius 3 is 2.45 bits per heavy atom. The van der Waals surface area contributed by atoms with Crippen LogP contribution >= 0.6 is 0 Å². The van der Waals surface area contributed by atoms with Crippen LogP contribution in [0.1, 0.15) is 47.0 Å². The molecule has 0 saturated heterocycles. The van der Waals surface area contributed by atoms with Gasteiger partial charge in [0.1, 0.15) is 0 Å². The molecule has 0 bridgehead atoms. The molecule has 0 radical (unpaired) electrons. The van der Waals surface area contributed by atoms with Gasteiger partial charge in [0.05, 0.1) is 0 Å². The molecule has 0 saturated carbocycles. The van der Waals surface area contributed by atoms with Crippen molar-refractivity contribution >= 4 is 5.71 Å². The minimum Gasteiger partial charge on any atom is -0.294 e. The Bertz CT molecular complexity index is 116. The van der Waals surface area contributed by atoms with Gasteiger partial charge >= 0.3 is 0 Å². The molecule has 11 heavy (non-hydrogen) atoms. The smallest absolute Gasteiger partial charge is 0.0391 e. The van der Waals surface area contributed by atoms with Crippen LogP contribution in [-0.2, 0) is 0 Å². The maximum absolute atomic E-state index is 4.45. The first kappa shape index (κ1) is 10.7. The van der Waals surface area contributed by atoms with Gasteiger partial charge in [0.25, 0.3) is 0 Å². The molecule has 0 N–H and O–H groups in total. The first-order chi connectivity index (χ1) is 5.20. The van der Waals surface area contributed by atoms with E-state index in [1.807, 2.05) is 0 Å². The molecule has 0 rings (SSSR count). The number of aliphatic imine (C=N–C) groups is 1. The number of nitrogens with zero attached hydrogens (tertiary/aromatic N) is 1. The summed E-state index contributed by atoms with van der Waals surface area (Å²) >= 11 is 0. The number of hydrogen-bond donors (Lipinski definition) is 0. The molecule has 0 aromatic rings. The summed E-state index contributed by atoms with van der Waals surface area (Å²) in [5, 5.41) is 0. The van der Waals surface area contributed by atoms with Crippen LogP contribution in [0.2, 0.25) is 0 Å². The van der Waals surface area contributed by atoms with Crippen molar-refractivity contribution in [3.05, 3.63) is 0 Å². The highest BCUT2D eigenvalue weighted by Crippen LogP contribution is 2.05. The molecule has 0 spiro atoms. The molecule has 0 fully saturated rings.